The van der Waals surface area contributed by atoms with Crippen molar-refractivity contribution in [2.75, 3.05) is 0 Å². The third-order valence-electron chi connectivity index (χ3n) is 1.45. The first-order chi connectivity index (χ1) is 6.09. The second-order valence-electron chi connectivity index (χ2n) is 2.48. The molecule has 0 unspecified atom stereocenters. The van der Waals surface area contributed by atoms with Gasteiger partial charge in [-0.1, -0.05) is 0 Å². The van der Waals surface area contributed by atoms with Crippen molar-refractivity contribution < 1.29 is 9.50 Å². The predicted octanol–water partition coefficient (Wildman–Crippen LogP) is 0.661. The van der Waals surface area contributed by atoms with Gasteiger partial charge in [0.1, 0.15) is 11.2 Å². The molecule has 0 saturated heterocycles. The van der Waals surface area contributed by atoms with E-state index in [9.17, 15) is 4.39 Å². The van der Waals surface area contributed by atoms with Crippen molar-refractivity contribution in [3.63, 3.8) is 0 Å². The van der Waals surface area contributed by atoms with Crippen LogP contribution in [0.25, 0.3) is 0 Å². The summed E-state index contributed by atoms with van der Waals surface area (Å²) in [6, 6.07) is 2.81. The Hall–Kier alpha value is -1.78. The molecule has 0 atom stereocenters. The van der Waals surface area contributed by atoms with Gasteiger partial charge in [0, 0.05) is 6.20 Å². The third kappa shape index (κ3) is 2.62. The molecule has 13 heavy (non-hydrogen) atoms. The van der Waals surface area contributed by atoms with Crippen LogP contribution in [0.1, 0.15) is 0 Å². The smallest absolute Gasteiger partial charge is 0.181 e. The molecule has 0 aliphatic heterocycles. The fourth-order valence-electron chi connectivity index (χ4n) is 0.834. The maximum absolute atomic E-state index is 12.2. The highest BCUT2D eigenvalue weighted by atomic mass is 19.1. The molecule has 0 radical (unpaired) electrons. The van der Waals surface area contributed by atoms with E-state index in [1.807, 2.05) is 0 Å². The van der Waals surface area contributed by atoms with Crippen molar-refractivity contribution in [2.24, 2.45) is 0 Å². The Morgan fingerprint density at radius 2 is 2.38 bits per heavy atom. The van der Waals surface area contributed by atoms with Gasteiger partial charge in [0.15, 0.2) is 5.95 Å². The van der Waals surface area contributed by atoms with E-state index in [0.717, 1.165) is 0 Å². The van der Waals surface area contributed by atoms with Crippen LogP contribution in [-0.4, -0.2) is 9.67 Å². The lowest BCUT2D eigenvalue weighted by molar-refractivity contribution is 0.447. The third-order valence-corrected chi connectivity index (χ3v) is 1.45. The van der Waals surface area contributed by atoms with Crippen molar-refractivity contribution >= 4 is 0 Å². The van der Waals surface area contributed by atoms with E-state index in [0.29, 0.717) is 0 Å². The number of pyridine rings is 1. The van der Waals surface area contributed by atoms with Crippen LogP contribution in [-0.2, 0) is 6.67 Å². The van der Waals surface area contributed by atoms with Crippen LogP contribution < -0.4 is 10.8 Å². The van der Waals surface area contributed by atoms with Gasteiger partial charge in [0.25, 0.3) is 0 Å². The van der Waals surface area contributed by atoms with E-state index >= 15 is 0 Å². The van der Waals surface area contributed by atoms with Crippen LogP contribution in [0.3, 0.4) is 0 Å². The zero-order valence-electron chi connectivity index (χ0n) is 6.92. The number of aromatic hydroxyl groups is 1. The number of aromatic nitrogens is 1. The first-order valence-corrected chi connectivity index (χ1v) is 3.62. The lowest BCUT2D eigenvalue weighted by Crippen LogP contribution is -2.25. The van der Waals surface area contributed by atoms with Crippen LogP contribution >= 0.6 is 0 Å². The quantitative estimate of drug-likeness (QED) is 0.603. The summed E-state index contributed by atoms with van der Waals surface area (Å²) in [5.74, 6) is -0.641. The van der Waals surface area contributed by atoms with Crippen molar-refractivity contribution in [1.82, 2.24) is 9.88 Å². The standard InChI is InChI=1S/C8H10FN3O/c1-6(9)11-5-12-4-7(13)2-3-8(12)10/h2-4,10-11,13H,1,5H2. The van der Waals surface area contributed by atoms with Crippen molar-refractivity contribution in [3.8, 4) is 5.75 Å². The highest BCUT2D eigenvalue weighted by Crippen LogP contribution is 2.01. The average molecular weight is 183 g/mol. The number of hydrogen-bond acceptors (Lipinski definition) is 3. The van der Waals surface area contributed by atoms with E-state index in [1.54, 1.807) is 0 Å². The SMILES string of the molecule is C=C(F)NCn1cc(O)ccc1=N. The molecule has 0 aliphatic rings. The van der Waals surface area contributed by atoms with E-state index in [2.05, 4.69) is 11.9 Å². The molecule has 5 heteroatoms. The topological polar surface area (TPSA) is 61.0 Å². The summed E-state index contributed by atoms with van der Waals surface area (Å²) in [6.07, 6.45) is 1.33. The molecule has 1 rings (SSSR count). The highest BCUT2D eigenvalue weighted by Gasteiger charge is 1.94. The number of hydrogen-bond donors (Lipinski definition) is 3. The first-order valence-electron chi connectivity index (χ1n) is 3.62. The molecule has 0 saturated carbocycles. The van der Waals surface area contributed by atoms with Crippen molar-refractivity contribution in [1.29, 1.82) is 5.41 Å². The van der Waals surface area contributed by atoms with Gasteiger partial charge >= 0.3 is 0 Å². The molecule has 0 fully saturated rings. The van der Waals surface area contributed by atoms with Gasteiger partial charge in [0.2, 0.25) is 0 Å². The van der Waals surface area contributed by atoms with E-state index in [4.69, 9.17) is 10.5 Å². The molecule has 1 aromatic heterocycles. The zero-order valence-corrected chi connectivity index (χ0v) is 6.92. The summed E-state index contributed by atoms with van der Waals surface area (Å²) >= 11 is 0. The predicted molar refractivity (Wildman–Crippen MR) is 45.3 cm³/mol. The molecule has 0 aromatic carbocycles. The van der Waals surface area contributed by atoms with Crippen LogP contribution in [0.5, 0.6) is 5.75 Å². The maximum Gasteiger partial charge on any atom is 0.181 e. The Morgan fingerprint density at radius 1 is 1.69 bits per heavy atom. The molecule has 3 N–H and O–H groups in total. The minimum Gasteiger partial charge on any atom is -0.506 e. The van der Waals surface area contributed by atoms with Crippen LogP contribution in [0.15, 0.2) is 30.9 Å². The molecule has 0 amide bonds. The van der Waals surface area contributed by atoms with Gasteiger partial charge < -0.3 is 15.0 Å². The van der Waals surface area contributed by atoms with E-state index in [1.165, 1.54) is 22.9 Å². The molecule has 70 valence electrons. The van der Waals surface area contributed by atoms with Crippen LogP contribution in [0.4, 0.5) is 4.39 Å². The van der Waals surface area contributed by atoms with Gasteiger partial charge in [-0.3, -0.25) is 5.41 Å². The van der Waals surface area contributed by atoms with Crippen molar-refractivity contribution in [2.45, 2.75) is 6.67 Å². The number of nitrogens with zero attached hydrogens (tertiary/aromatic N) is 1. The molecule has 1 heterocycles. The fourth-order valence-corrected chi connectivity index (χ4v) is 0.834. The van der Waals surface area contributed by atoms with Crippen molar-refractivity contribution in [3.05, 3.63) is 36.3 Å². The molecule has 0 spiro atoms. The largest absolute Gasteiger partial charge is 0.506 e. The number of rotatable bonds is 3. The number of nitrogens with one attached hydrogen (secondary N) is 2. The van der Waals surface area contributed by atoms with Gasteiger partial charge in [-0.05, 0) is 18.7 Å². The van der Waals surface area contributed by atoms with E-state index in [-0.39, 0.29) is 17.9 Å². The fraction of sp³-hybridized carbons (Fsp3) is 0.125. The summed E-state index contributed by atoms with van der Waals surface area (Å²) < 4.78 is 13.5. The van der Waals surface area contributed by atoms with Gasteiger partial charge in [-0.2, -0.15) is 4.39 Å². The molecule has 0 aliphatic carbocycles. The summed E-state index contributed by atoms with van der Waals surface area (Å²) in [7, 11) is 0. The van der Waals surface area contributed by atoms with Gasteiger partial charge in [-0.25, -0.2) is 0 Å². The average Bonchev–Trinajstić information content (AvgIpc) is 2.06. The lowest BCUT2D eigenvalue weighted by atomic mass is 10.4. The minimum absolute atomic E-state index is 0.0299. The number of halogens is 1. The molecule has 0 bridgehead atoms. The Kier molecular flexibility index (Phi) is 2.69. The maximum atomic E-state index is 12.2. The summed E-state index contributed by atoms with van der Waals surface area (Å²) in [5, 5.41) is 18.7. The van der Waals surface area contributed by atoms with Crippen LogP contribution in [0.2, 0.25) is 0 Å². The molecule has 1 aromatic rings. The highest BCUT2D eigenvalue weighted by molar-refractivity contribution is 5.13. The minimum atomic E-state index is -0.671. The Morgan fingerprint density at radius 3 is 3.00 bits per heavy atom. The monoisotopic (exact) mass is 183 g/mol. The summed E-state index contributed by atoms with van der Waals surface area (Å²) in [6.45, 7) is 3.08. The van der Waals surface area contributed by atoms with E-state index < -0.39 is 5.95 Å². The Labute approximate surface area is 74.5 Å². The molecule has 4 nitrogen and oxygen atoms in total. The molecular weight excluding hydrogens is 173 g/mol. The first kappa shape index (κ1) is 9.31. The zero-order chi connectivity index (χ0) is 9.84. The second-order valence-corrected chi connectivity index (χ2v) is 2.48. The van der Waals surface area contributed by atoms with Gasteiger partial charge in [-0.15, -0.1) is 0 Å². The Bertz CT molecular complexity index is 372. The summed E-state index contributed by atoms with van der Waals surface area (Å²) in [5.41, 5.74) is 0.173. The Balaban J connectivity index is 2.82. The van der Waals surface area contributed by atoms with Gasteiger partial charge in [0.05, 0.1) is 6.67 Å². The normalized spacial score (nSPS) is 9.62. The molecular formula is C8H10FN3O. The van der Waals surface area contributed by atoms with Crippen LogP contribution in [0, 0.1) is 5.41 Å². The summed E-state index contributed by atoms with van der Waals surface area (Å²) in [4.78, 5) is 0. The lowest BCUT2D eigenvalue weighted by Gasteiger charge is -2.07. The second kappa shape index (κ2) is 3.75.